The smallest absolute Gasteiger partial charge is 0.323 e. The van der Waals surface area contributed by atoms with Gasteiger partial charge in [-0.25, -0.2) is 14.4 Å². The van der Waals surface area contributed by atoms with E-state index in [-0.39, 0.29) is 19.0 Å². The molecule has 1 rings (SSSR count). The second kappa shape index (κ2) is 4.91. The highest BCUT2D eigenvalue weighted by molar-refractivity contribution is 5.72. The Kier molecular flexibility index (Phi) is 3.57. The number of hydrogen-bond donors (Lipinski definition) is 1. The molecule has 0 fully saturated rings. The Bertz CT molecular complexity index is 385. The lowest BCUT2D eigenvalue weighted by Crippen LogP contribution is -2.31. The molecule has 15 heavy (non-hydrogen) atoms. The van der Waals surface area contributed by atoms with Crippen LogP contribution in [-0.2, 0) is 4.79 Å². The largest absolute Gasteiger partial charge is 0.480 e. The Labute approximate surface area is 85.6 Å². The van der Waals surface area contributed by atoms with E-state index >= 15 is 0 Å². The molecule has 0 aliphatic heterocycles. The van der Waals surface area contributed by atoms with Crippen LogP contribution in [0.2, 0.25) is 0 Å². The minimum atomic E-state index is -1.06. The second-order valence-corrected chi connectivity index (χ2v) is 2.66. The van der Waals surface area contributed by atoms with Gasteiger partial charge in [-0.1, -0.05) is 5.92 Å². The average Bonchev–Trinajstić information content (AvgIpc) is 2.17. The fourth-order valence-corrected chi connectivity index (χ4v) is 0.940. The predicted molar refractivity (Wildman–Crippen MR) is 50.7 cm³/mol. The Morgan fingerprint density at radius 1 is 1.60 bits per heavy atom. The fraction of sp³-hybridized carbons (Fsp3) is 0.222. The first kappa shape index (κ1) is 10.9. The highest BCUT2D eigenvalue weighted by Crippen LogP contribution is 2.05. The van der Waals surface area contributed by atoms with Crippen LogP contribution in [0.15, 0.2) is 12.4 Å². The van der Waals surface area contributed by atoms with Gasteiger partial charge in [-0.05, 0) is 0 Å². The van der Waals surface area contributed by atoms with Crippen molar-refractivity contribution in [3.63, 3.8) is 0 Å². The van der Waals surface area contributed by atoms with Gasteiger partial charge in [0, 0.05) is 0 Å². The molecular formula is C9H8FN3O2. The van der Waals surface area contributed by atoms with Crippen molar-refractivity contribution in [3.8, 4) is 12.3 Å². The van der Waals surface area contributed by atoms with E-state index in [1.165, 1.54) is 4.90 Å². The molecule has 0 amide bonds. The van der Waals surface area contributed by atoms with E-state index in [4.69, 9.17) is 11.5 Å². The summed E-state index contributed by atoms with van der Waals surface area (Å²) in [4.78, 5) is 19.0. The number of aliphatic carboxylic acids is 1. The number of hydrogen-bond acceptors (Lipinski definition) is 4. The third-order valence-electron chi connectivity index (χ3n) is 1.50. The molecule has 1 aromatic rings. The molecule has 1 heterocycles. The Morgan fingerprint density at radius 2 is 2.20 bits per heavy atom. The zero-order valence-electron chi connectivity index (χ0n) is 7.72. The van der Waals surface area contributed by atoms with E-state index in [1.54, 1.807) is 0 Å². The summed E-state index contributed by atoms with van der Waals surface area (Å²) < 4.78 is 12.5. The third-order valence-corrected chi connectivity index (χ3v) is 1.50. The molecule has 0 bridgehead atoms. The summed E-state index contributed by atoms with van der Waals surface area (Å²) in [5.41, 5.74) is 0. The molecule has 0 aromatic carbocycles. The summed E-state index contributed by atoms with van der Waals surface area (Å²) in [6, 6.07) is 0. The van der Waals surface area contributed by atoms with Gasteiger partial charge in [0.1, 0.15) is 6.54 Å². The van der Waals surface area contributed by atoms with E-state index < -0.39 is 11.8 Å². The molecule has 6 heteroatoms. The van der Waals surface area contributed by atoms with Crippen LogP contribution in [0.1, 0.15) is 0 Å². The highest BCUT2D eigenvalue weighted by atomic mass is 19.1. The van der Waals surface area contributed by atoms with Crippen molar-refractivity contribution in [2.45, 2.75) is 0 Å². The van der Waals surface area contributed by atoms with E-state index in [9.17, 15) is 9.18 Å². The molecule has 5 nitrogen and oxygen atoms in total. The maximum Gasteiger partial charge on any atom is 0.323 e. The van der Waals surface area contributed by atoms with Crippen molar-refractivity contribution in [1.82, 2.24) is 9.97 Å². The highest BCUT2D eigenvalue weighted by Gasteiger charge is 2.11. The monoisotopic (exact) mass is 209 g/mol. The molecule has 0 aliphatic rings. The number of aromatic nitrogens is 2. The van der Waals surface area contributed by atoms with Crippen LogP contribution in [0.25, 0.3) is 0 Å². The van der Waals surface area contributed by atoms with Gasteiger partial charge in [0.25, 0.3) is 0 Å². The number of terminal acetylenes is 1. The molecule has 0 unspecified atom stereocenters. The lowest BCUT2D eigenvalue weighted by Gasteiger charge is -2.16. The number of carboxylic acids is 1. The Morgan fingerprint density at radius 3 is 2.67 bits per heavy atom. The maximum absolute atomic E-state index is 12.5. The van der Waals surface area contributed by atoms with Crippen molar-refractivity contribution >= 4 is 11.9 Å². The van der Waals surface area contributed by atoms with E-state index in [0.29, 0.717) is 0 Å². The molecule has 0 saturated heterocycles. The normalized spacial score (nSPS) is 9.33. The molecule has 0 spiro atoms. The Hall–Kier alpha value is -2.16. The molecule has 0 saturated carbocycles. The van der Waals surface area contributed by atoms with Gasteiger partial charge in [0.15, 0.2) is 5.82 Å². The van der Waals surface area contributed by atoms with Crippen molar-refractivity contribution in [1.29, 1.82) is 0 Å². The van der Waals surface area contributed by atoms with Crippen molar-refractivity contribution in [2.75, 3.05) is 18.0 Å². The zero-order valence-corrected chi connectivity index (χ0v) is 7.72. The minimum Gasteiger partial charge on any atom is -0.480 e. The van der Waals surface area contributed by atoms with Gasteiger partial charge in [-0.2, -0.15) is 0 Å². The Balaban J connectivity index is 2.84. The molecule has 1 N–H and O–H groups in total. The quantitative estimate of drug-likeness (QED) is 0.714. The standard InChI is InChI=1S/C9H8FN3O2/c1-2-3-13(6-8(14)15)9-11-4-7(10)5-12-9/h1,4-5H,3,6H2,(H,14,15). The summed E-state index contributed by atoms with van der Waals surface area (Å²) in [6.07, 6.45) is 6.96. The van der Waals surface area contributed by atoms with Crippen LogP contribution in [0, 0.1) is 18.2 Å². The molecule has 0 aliphatic carbocycles. The van der Waals surface area contributed by atoms with Crippen molar-refractivity contribution in [3.05, 3.63) is 18.2 Å². The van der Waals surface area contributed by atoms with Gasteiger partial charge in [-0.3, -0.25) is 4.79 Å². The van der Waals surface area contributed by atoms with Crippen LogP contribution in [-0.4, -0.2) is 34.1 Å². The minimum absolute atomic E-state index is 0.0535. The zero-order chi connectivity index (χ0) is 11.3. The van der Waals surface area contributed by atoms with Crippen LogP contribution < -0.4 is 4.90 Å². The summed E-state index contributed by atoms with van der Waals surface area (Å²) in [5, 5.41) is 8.59. The summed E-state index contributed by atoms with van der Waals surface area (Å²) in [6.45, 7) is -0.270. The fourth-order valence-electron chi connectivity index (χ4n) is 0.940. The van der Waals surface area contributed by atoms with Crippen molar-refractivity contribution < 1.29 is 14.3 Å². The maximum atomic E-state index is 12.5. The van der Waals surface area contributed by atoms with Crippen LogP contribution in [0.5, 0.6) is 0 Å². The number of carbonyl (C=O) groups is 1. The summed E-state index contributed by atoms with van der Waals surface area (Å²) >= 11 is 0. The van der Waals surface area contributed by atoms with Gasteiger partial charge in [0.05, 0.1) is 18.9 Å². The van der Waals surface area contributed by atoms with Crippen molar-refractivity contribution in [2.24, 2.45) is 0 Å². The van der Waals surface area contributed by atoms with E-state index in [0.717, 1.165) is 12.4 Å². The summed E-state index contributed by atoms with van der Waals surface area (Å²) in [7, 11) is 0. The number of anilines is 1. The van der Waals surface area contributed by atoms with E-state index in [1.807, 2.05) is 0 Å². The number of halogens is 1. The predicted octanol–water partition coefficient (Wildman–Crippen LogP) is 0.140. The van der Waals surface area contributed by atoms with Crippen LogP contribution >= 0.6 is 0 Å². The van der Waals surface area contributed by atoms with Gasteiger partial charge in [0.2, 0.25) is 5.95 Å². The molecule has 1 aromatic heterocycles. The first-order valence-electron chi connectivity index (χ1n) is 4.01. The first-order valence-corrected chi connectivity index (χ1v) is 4.01. The molecule has 0 atom stereocenters. The van der Waals surface area contributed by atoms with Gasteiger partial charge < -0.3 is 10.0 Å². The number of nitrogens with zero attached hydrogens (tertiary/aromatic N) is 3. The molecular weight excluding hydrogens is 201 g/mol. The number of rotatable bonds is 4. The lowest BCUT2D eigenvalue weighted by atomic mass is 10.5. The molecule has 0 radical (unpaired) electrons. The van der Waals surface area contributed by atoms with Gasteiger partial charge >= 0.3 is 5.97 Å². The topological polar surface area (TPSA) is 66.3 Å². The van der Waals surface area contributed by atoms with Crippen LogP contribution in [0.3, 0.4) is 0 Å². The SMILES string of the molecule is C#CCN(CC(=O)O)c1ncc(F)cn1. The second-order valence-electron chi connectivity index (χ2n) is 2.66. The van der Waals surface area contributed by atoms with Gasteiger partial charge in [-0.15, -0.1) is 6.42 Å². The lowest BCUT2D eigenvalue weighted by molar-refractivity contribution is -0.135. The molecule has 78 valence electrons. The van der Waals surface area contributed by atoms with Crippen LogP contribution in [0.4, 0.5) is 10.3 Å². The average molecular weight is 209 g/mol. The first-order chi connectivity index (χ1) is 7.13. The summed E-state index contributed by atoms with van der Waals surface area (Å²) in [5.74, 6) is 0.724. The van der Waals surface area contributed by atoms with E-state index in [2.05, 4.69) is 15.9 Å². The third kappa shape index (κ3) is 3.23. The number of carboxylic acid groups (broad SMARTS) is 1.